The van der Waals surface area contributed by atoms with E-state index in [2.05, 4.69) is 5.32 Å². The van der Waals surface area contributed by atoms with E-state index in [1.165, 1.54) is 12.1 Å². The van der Waals surface area contributed by atoms with Gasteiger partial charge in [-0.1, -0.05) is 12.1 Å². The van der Waals surface area contributed by atoms with E-state index in [1.54, 1.807) is 12.1 Å². The highest BCUT2D eigenvalue weighted by Crippen LogP contribution is 2.26. The smallest absolute Gasteiger partial charge is 0.224 e. The number of hydrogen-bond acceptors (Lipinski definition) is 3. The van der Waals surface area contributed by atoms with Gasteiger partial charge in [-0.05, 0) is 37.0 Å². The Balaban J connectivity index is 1.49. The van der Waals surface area contributed by atoms with Gasteiger partial charge in [-0.25, -0.2) is 4.39 Å². The molecule has 1 aliphatic carbocycles. The van der Waals surface area contributed by atoms with E-state index in [-0.39, 0.29) is 36.4 Å². The third-order valence-corrected chi connectivity index (χ3v) is 4.12. The molecule has 1 aromatic rings. The molecule has 3 atom stereocenters. The van der Waals surface area contributed by atoms with E-state index >= 15 is 0 Å². The van der Waals surface area contributed by atoms with Crippen molar-refractivity contribution in [3.05, 3.63) is 35.6 Å². The molecule has 2 aliphatic rings. The van der Waals surface area contributed by atoms with Crippen LogP contribution in [0.15, 0.2) is 24.3 Å². The molecule has 1 heterocycles. The Hall–Kier alpha value is -1.46. The maximum Gasteiger partial charge on any atom is 0.224 e. The molecule has 0 radical (unpaired) electrons. The summed E-state index contributed by atoms with van der Waals surface area (Å²) in [4.78, 5) is 12.0. The van der Waals surface area contributed by atoms with Crippen molar-refractivity contribution in [3.63, 3.8) is 0 Å². The topological polar surface area (TPSA) is 47.6 Å². The number of carbonyl (C=O) groups is 1. The van der Waals surface area contributed by atoms with Gasteiger partial charge in [-0.2, -0.15) is 0 Å². The van der Waals surface area contributed by atoms with E-state index < -0.39 is 0 Å². The zero-order chi connectivity index (χ0) is 14.7. The van der Waals surface area contributed by atoms with Crippen LogP contribution >= 0.6 is 0 Å². The zero-order valence-electron chi connectivity index (χ0n) is 11.9. The first-order chi connectivity index (χ1) is 10.2. The molecule has 0 spiro atoms. The van der Waals surface area contributed by atoms with Crippen molar-refractivity contribution in [1.82, 2.24) is 5.32 Å². The Kier molecular flexibility index (Phi) is 4.51. The second kappa shape index (κ2) is 6.54. The van der Waals surface area contributed by atoms with Crippen molar-refractivity contribution in [3.8, 4) is 0 Å². The number of halogens is 1. The van der Waals surface area contributed by atoms with Gasteiger partial charge < -0.3 is 14.8 Å². The standard InChI is InChI=1S/C16H20FNO3/c17-12-3-1-11(2-4-12)9-16(19)18-13-5-6-14-15(10-13)21-8-7-20-14/h1-4,13-15H,5-10H2,(H,18,19)/t13-,14+,15-/m1/s1. The first-order valence-electron chi connectivity index (χ1n) is 7.48. The fourth-order valence-corrected chi connectivity index (χ4v) is 3.06. The number of amides is 1. The highest BCUT2D eigenvalue weighted by molar-refractivity contribution is 5.78. The molecule has 1 aromatic carbocycles. The van der Waals surface area contributed by atoms with Gasteiger partial charge >= 0.3 is 0 Å². The van der Waals surface area contributed by atoms with Crippen LogP contribution in [0.4, 0.5) is 4.39 Å². The van der Waals surface area contributed by atoms with Crippen molar-refractivity contribution < 1.29 is 18.7 Å². The second-order valence-electron chi connectivity index (χ2n) is 5.70. The minimum atomic E-state index is -0.285. The van der Waals surface area contributed by atoms with Crippen LogP contribution in [0.2, 0.25) is 0 Å². The molecule has 3 rings (SSSR count). The highest BCUT2D eigenvalue weighted by Gasteiger charge is 2.34. The monoisotopic (exact) mass is 293 g/mol. The predicted molar refractivity (Wildman–Crippen MR) is 75.4 cm³/mol. The Morgan fingerprint density at radius 3 is 2.62 bits per heavy atom. The lowest BCUT2D eigenvalue weighted by Crippen LogP contribution is -2.49. The Labute approximate surface area is 123 Å². The fraction of sp³-hybridized carbons (Fsp3) is 0.562. The fourth-order valence-electron chi connectivity index (χ4n) is 3.06. The lowest BCUT2D eigenvalue weighted by atomic mass is 9.89. The molecular formula is C16H20FNO3. The van der Waals surface area contributed by atoms with Gasteiger partial charge in [0, 0.05) is 6.04 Å². The molecule has 2 fully saturated rings. The van der Waals surface area contributed by atoms with E-state index in [4.69, 9.17) is 9.47 Å². The van der Waals surface area contributed by atoms with Gasteiger partial charge in [0.05, 0.1) is 31.8 Å². The van der Waals surface area contributed by atoms with Crippen LogP contribution in [0.25, 0.3) is 0 Å². The summed E-state index contributed by atoms with van der Waals surface area (Å²) >= 11 is 0. The summed E-state index contributed by atoms with van der Waals surface area (Å²) in [6.45, 7) is 1.31. The second-order valence-corrected chi connectivity index (χ2v) is 5.70. The third kappa shape index (κ3) is 3.80. The maximum atomic E-state index is 12.8. The van der Waals surface area contributed by atoms with Crippen molar-refractivity contribution in [2.45, 2.75) is 43.9 Å². The first-order valence-corrected chi connectivity index (χ1v) is 7.48. The molecular weight excluding hydrogens is 273 g/mol. The van der Waals surface area contributed by atoms with E-state index in [0.29, 0.717) is 13.2 Å². The van der Waals surface area contributed by atoms with E-state index in [9.17, 15) is 9.18 Å². The average Bonchev–Trinajstić information content (AvgIpc) is 2.49. The van der Waals surface area contributed by atoms with Crippen molar-refractivity contribution >= 4 is 5.91 Å². The Morgan fingerprint density at radius 2 is 1.86 bits per heavy atom. The molecule has 114 valence electrons. The average molecular weight is 293 g/mol. The Bertz CT molecular complexity index is 491. The maximum absolute atomic E-state index is 12.8. The van der Waals surface area contributed by atoms with Gasteiger partial charge in [0.1, 0.15) is 5.82 Å². The van der Waals surface area contributed by atoms with Crippen molar-refractivity contribution in [2.75, 3.05) is 13.2 Å². The SMILES string of the molecule is O=C(Cc1ccc(F)cc1)N[C@@H]1CC[C@@H]2OCCO[C@@H]2C1. The summed E-state index contributed by atoms with van der Waals surface area (Å²) in [6.07, 6.45) is 3.21. The largest absolute Gasteiger partial charge is 0.373 e. The van der Waals surface area contributed by atoms with Gasteiger partial charge in [-0.15, -0.1) is 0 Å². The molecule has 21 heavy (non-hydrogen) atoms. The van der Waals surface area contributed by atoms with Crippen LogP contribution in [-0.4, -0.2) is 37.4 Å². The summed E-state index contributed by atoms with van der Waals surface area (Å²) in [5, 5.41) is 3.05. The first kappa shape index (κ1) is 14.5. The number of carbonyl (C=O) groups excluding carboxylic acids is 1. The van der Waals surface area contributed by atoms with Crippen molar-refractivity contribution in [2.24, 2.45) is 0 Å². The van der Waals surface area contributed by atoms with Crippen molar-refractivity contribution in [1.29, 1.82) is 0 Å². The van der Waals surface area contributed by atoms with E-state index in [1.807, 2.05) is 0 Å². The van der Waals surface area contributed by atoms with Crippen LogP contribution in [0, 0.1) is 5.82 Å². The molecule has 5 heteroatoms. The predicted octanol–water partition coefficient (Wildman–Crippen LogP) is 1.82. The number of fused-ring (bicyclic) bond motifs is 1. The molecule has 1 saturated heterocycles. The zero-order valence-corrected chi connectivity index (χ0v) is 11.9. The van der Waals surface area contributed by atoms with Crippen LogP contribution in [0.1, 0.15) is 24.8 Å². The Morgan fingerprint density at radius 1 is 1.14 bits per heavy atom. The molecule has 0 bridgehead atoms. The lowest BCUT2D eigenvalue weighted by molar-refractivity contribution is -0.158. The minimum absolute atomic E-state index is 0.0261. The highest BCUT2D eigenvalue weighted by atomic mass is 19.1. The molecule has 1 amide bonds. The van der Waals surface area contributed by atoms with Gasteiger partial charge in [0.2, 0.25) is 5.91 Å². The molecule has 1 N–H and O–H groups in total. The van der Waals surface area contributed by atoms with Crippen LogP contribution < -0.4 is 5.32 Å². The summed E-state index contributed by atoms with van der Waals surface area (Å²) < 4.78 is 24.2. The summed E-state index contributed by atoms with van der Waals surface area (Å²) in [6, 6.07) is 6.18. The molecule has 0 aromatic heterocycles. The van der Waals surface area contributed by atoms with Crippen LogP contribution in [-0.2, 0) is 20.7 Å². The van der Waals surface area contributed by atoms with Crippen LogP contribution in [0.5, 0.6) is 0 Å². The quantitative estimate of drug-likeness (QED) is 0.925. The minimum Gasteiger partial charge on any atom is -0.373 e. The molecule has 4 nitrogen and oxygen atoms in total. The summed E-state index contributed by atoms with van der Waals surface area (Å²) in [5.41, 5.74) is 0.819. The number of hydrogen-bond donors (Lipinski definition) is 1. The van der Waals surface area contributed by atoms with Gasteiger partial charge in [-0.3, -0.25) is 4.79 Å². The lowest BCUT2D eigenvalue weighted by Gasteiger charge is -2.39. The summed E-state index contributed by atoms with van der Waals surface area (Å²) in [7, 11) is 0. The molecule has 1 saturated carbocycles. The number of nitrogens with one attached hydrogen (secondary N) is 1. The summed E-state index contributed by atoms with van der Waals surface area (Å²) in [5.74, 6) is -0.311. The number of ether oxygens (including phenoxy) is 2. The number of rotatable bonds is 3. The third-order valence-electron chi connectivity index (χ3n) is 4.12. The normalized spacial score (nSPS) is 28.7. The van der Waals surface area contributed by atoms with Crippen LogP contribution in [0.3, 0.4) is 0 Å². The van der Waals surface area contributed by atoms with E-state index in [0.717, 1.165) is 24.8 Å². The molecule has 0 unspecified atom stereocenters. The van der Waals surface area contributed by atoms with Gasteiger partial charge in [0.25, 0.3) is 0 Å². The molecule has 1 aliphatic heterocycles. The number of benzene rings is 1. The van der Waals surface area contributed by atoms with Gasteiger partial charge in [0.15, 0.2) is 0 Å².